The third-order valence-corrected chi connectivity index (χ3v) is 11.3. The van der Waals surface area contributed by atoms with Crippen LogP contribution in [0.15, 0.2) is 35.5 Å². The van der Waals surface area contributed by atoms with Gasteiger partial charge in [-0.3, -0.25) is 38.6 Å². The van der Waals surface area contributed by atoms with Gasteiger partial charge in [0, 0.05) is 30.1 Å². The lowest BCUT2D eigenvalue weighted by Gasteiger charge is -2.27. The van der Waals surface area contributed by atoms with Gasteiger partial charge in [0.15, 0.2) is 5.96 Å². The van der Waals surface area contributed by atoms with Crippen LogP contribution in [0.25, 0.3) is 10.9 Å². The van der Waals surface area contributed by atoms with Crippen LogP contribution in [0, 0.1) is 0 Å². The van der Waals surface area contributed by atoms with Crippen LogP contribution in [0.3, 0.4) is 0 Å². The first-order valence-corrected chi connectivity index (χ1v) is 24.0. The van der Waals surface area contributed by atoms with Gasteiger partial charge in [-0.05, 0) is 128 Å². The summed E-state index contributed by atoms with van der Waals surface area (Å²) in [6, 6.07) is 0.0522. The third-order valence-electron chi connectivity index (χ3n) is 11.3. The fourth-order valence-electron chi connectivity index (χ4n) is 7.42. The topological polar surface area (TPSA) is 451 Å². The first-order valence-electron chi connectivity index (χ1n) is 24.0. The van der Waals surface area contributed by atoms with Crippen molar-refractivity contribution in [3.8, 4) is 0 Å². The largest absolute Gasteiger partial charge is 0.480 e. The molecule has 1 aromatic heterocycles. The summed E-state index contributed by atoms with van der Waals surface area (Å²) in [4.78, 5) is 114. The second-order valence-electron chi connectivity index (χ2n) is 16.9. The maximum absolute atomic E-state index is 14.4. The quantitative estimate of drug-likeness (QED) is 0.0176. The van der Waals surface area contributed by atoms with Crippen molar-refractivity contribution in [2.24, 2.45) is 45.1 Å². The van der Waals surface area contributed by atoms with Gasteiger partial charge in [0.2, 0.25) is 41.4 Å². The third kappa shape index (κ3) is 22.8. The number of carbonyl (C=O) groups is 8. The van der Waals surface area contributed by atoms with Crippen LogP contribution in [0.4, 0.5) is 0 Å². The highest BCUT2D eigenvalue weighted by Crippen LogP contribution is 2.20. The lowest BCUT2D eigenvalue weighted by molar-refractivity contribution is -0.142. The number of nitrogens with two attached hydrogens (primary N) is 7. The van der Waals surface area contributed by atoms with Gasteiger partial charge in [-0.25, -0.2) is 4.79 Å². The van der Waals surface area contributed by atoms with Crippen LogP contribution >= 0.6 is 0 Å². The zero-order valence-corrected chi connectivity index (χ0v) is 40.1. The van der Waals surface area contributed by atoms with Crippen molar-refractivity contribution in [2.75, 3.05) is 45.8 Å². The normalized spacial score (nSPS) is 13.6. The van der Waals surface area contributed by atoms with Gasteiger partial charge >= 0.3 is 5.97 Å². The smallest absolute Gasteiger partial charge is 0.326 e. The first-order chi connectivity index (χ1) is 33.6. The highest BCUT2D eigenvalue weighted by molar-refractivity contribution is 5.97. The number of aliphatic carboxylic acids is 1. The number of H-pyrrole nitrogens is 1. The molecule has 25 nitrogen and oxygen atoms in total. The fourth-order valence-corrected chi connectivity index (χ4v) is 7.42. The van der Waals surface area contributed by atoms with Crippen LogP contribution < -0.4 is 77.4 Å². The van der Waals surface area contributed by atoms with Crippen molar-refractivity contribution in [2.45, 2.75) is 133 Å². The Morgan fingerprint density at radius 2 is 0.957 bits per heavy atom. The molecule has 1 aromatic carbocycles. The Bertz CT molecular complexity index is 2000. The molecule has 23 N–H and O–H groups in total. The number of unbranched alkanes of at least 4 members (excludes halogenated alkanes) is 4. The lowest BCUT2D eigenvalue weighted by atomic mass is 10.0. The van der Waals surface area contributed by atoms with Crippen LogP contribution in [-0.4, -0.2) is 145 Å². The Labute approximate surface area is 408 Å². The van der Waals surface area contributed by atoms with Gasteiger partial charge in [0.25, 0.3) is 0 Å². The molecule has 70 heavy (non-hydrogen) atoms. The van der Waals surface area contributed by atoms with Crippen molar-refractivity contribution in [3.05, 3.63) is 36.0 Å². The molecule has 0 saturated heterocycles. The second kappa shape index (κ2) is 34.0. The van der Waals surface area contributed by atoms with E-state index >= 15 is 0 Å². The number of fused-ring (bicyclic) bond motifs is 1. The van der Waals surface area contributed by atoms with Crippen molar-refractivity contribution >= 4 is 64.2 Å². The van der Waals surface area contributed by atoms with E-state index in [1.165, 1.54) is 0 Å². The first kappa shape index (κ1) is 59.7. The minimum Gasteiger partial charge on any atom is -0.480 e. The van der Waals surface area contributed by atoms with Gasteiger partial charge in [-0.15, -0.1) is 0 Å². The molecule has 1 heterocycles. The molecular formula is C45H78N16O9. The van der Waals surface area contributed by atoms with E-state index in [4.69, 9.17) is 40.1 Å². The van der Waals surface area contributed by atoms with Gasteiger partial charge in [-0.2, -0.15) is 0 Å². The number of amides is 7. The number of benzene rings is 1. The highest BCUT2D eigenvalue weighted by atomic mass is 16.4. The van der Waals surface area contributed by atoms with Crippen LogP contribution in [0.5, 0.6) is 0 Å². The van der Waals surface area contributed by atoms with E-state index in [2.05, 4.69) is 47.2 Å². The Hall–Kier alpha value is -6.41. The molecule has 0 aliphatic carbocycles. The number of para-hydroxylation sites is 1. The fraction of sp³-hybridized carbons (Fsp3) is 0.622. The number of carbonyl (C=O) groups excluding carboxylic acids is 7. The van der Waals surface area contributed by atoms with Crippen molar-refractivity contribution in [3.63, 3.8) is 0 Å². The molecule has 0 radical (unpaired) electrons. The minimum absolute atomic E-state index is 0.0600. The molecule has 7 amide bonds. The van der Waals surface area contributed by atoms with E-state index < -0.39 is 90.1 Å². The Kier molecular flexibility index (Phi) is 29.0. The molecule has 25 heteroatoms. The number of guanidine groups is 1. The molecule has 0 saturated carbocycles. The van der Waals surface area contributed by atoms with Crippen LogP contribution in [0.1, 0.15) is 95.5 Å². The second-order valence-corrected chi connectivity index (χ2v) is 16.9. The number of aliphatic imine (C=N–C) groups is 1. The molecule has 2 aromatic rings. The molecule has 0 aliphatic heterocycles. The van der Waals surface area contributed by atoms with Gasteiger partial charge in [0.1, 0.15) is 36.3 Å². The number of hydrogen-bond acceptors (Lipinski definition) is 14. The van der Waals surface area contributed by atoms with E-state index in [0.29, 0.717) is 83.0 Å². The number of aromatic nitrogens is 1. The maximum Gasteiger partial charge on any atom is 0.326 e. The lowest BCUT2D eigenvalue weighted by Crippen LogP contribution is -2.59. The minimum atomic E-state index is -1.32. The van der Waals surface area contributed by atoms with Crippen LogP contribution in [-0.2, 0) is 44.8 Å². The summed E-state index contributed by atoms with van der Waals surface area (Å²) in [6.45, 7) is 0.449. The number of carboxylic acid groups (broad SMARTS) is 1. The summed E-state index contributed by atoms with van der Waals surface area (Å²) in [6.07, 6.45) is 6.19. The van der Waals surface area contributed by atoms with Crippen LogP contribution in [0.2, 0.25) is 0 Å². The Morgan fingerprint density at radius 1 is 0.529 bits per heavy atom. The predicted octanol–water partition coefficient (Wildman–Crippen LogP) is -3.65. The summed E-state index contributed by atoms with van der Waals surface area (Å²) >= 11 is 0. The van der Waals surface area contributed by atoms with E-state index in [0.717, 1.165) is 10.9 Å². The standard InChI is InChI=1S/C45H78N16O9/c46-19-7-3-14-32(57-38(63)27-55-39(64)31(56-37(62)25-50)18-11-23-53-45(51)52)40(65)58-34(16-5-9-21-48)42(67)61-36(24-28-26-54-30-13-2-1-12-29(28)30)43(68)59-33(15-4-8-20-47)41(66)60-35(44(69)70)17-6-10-22-49/h1-2,12-13,26,31-36,54H,3-11,14-25,27,46-50H2,(H,55,64)(H,56,62)(H,57,63)(H,58,65)(H,59,68)(H,60,66)(H,61,67)(H,69,70)(H4,51,52,53)/t31-,32-,33-,34-,35-,36-/m0/s1. The van der Waals surface area contributed by atoms with Crippen molar-refractivity contribution in [1.82, 2.24) is 42.2 Å². The van der Waals surface area contributed by atoms with Gasteiger partial charge < -0.3 is 87.4 Å². The Morgan fingerprint density at radius 3 is 1.46 bits per heavy atom. The molecule has 0 unspecified atom stereocenters. The zero-order valence-electron chi connectivity index (χ0n) is 40.1. The SMILES string of the molecule is NCCCC[C@H](NC(=O)[C@H](CCCCN)NC(=O)[C@H](Cc1c[nH]c2ccccc12)NC(=O)[C@H](CCCCN)NC(=O)[C@H](CCCCN)NC(=O)CNC(=O)[C@H](CCCN=C(N)N)NC(=O)CN)C(=O)O. The van der Waals surface area contributed by atoms with Crippen molar-refractivity contribution < 1.29 is 43.5 Å². The van der Waals surface area contributed by atoms with Gasteiger partial charge in [-0.1, -0.05) is 18.2 Å². The molecule has 2 rings (SSSR count). The molecule has 0 aliphatic rings. The number of nitrogens with one attached hydrogen (secondary N) is 8. The van der Waals surface area contributed by atoms with E-state index in [9.17, 15) is 43.5 Å². The van der Waals surface area contributed by atoms with E-state index in [1.807, 2.05) is 24.3 Å². The molecule has 392 valence electrons. The highest BCUT2D eigenvalue weighted by Gasteiger charge is 2.33. The maximum atomic E-state index is 14.4. The monoisotopic (exact) mass is 987 g/mol. The molecule has 0 bridgehead atoms. The molecule has 0 spiro atoms. The van der Waals surface area contributed by atoms with Gasteiger partial charge in [0.05, 0.1) is 13.1 Å². The number of carboxylic acids is 1. The summed E-state index contributed by atoms with van der Waals surface area (Å²) in [5.74, 6) is -6.39. The predicted molar refractivity (Wildman–Crippen MR) is 265 cm³/mol. The zero-order chi connectivity index (χ0) is 51.8. The summed E-state index contributed by atoms with van der Waals surface area (Å²) in [5, 5.41) is 29.1. The summed E-state index contributed by atoms with van der Waals surface area (Å²) in [5.41, 5.74) is 40.4. The number of hydrogen-bond donors (Lipinski definition) is 16. The summed E-state index contributed by atoms with van der Waals surface area (Å²) < 4.78 is 0. The molecule has 0 fully saturated rings. The molecular weight excluding hydrogens is 909 g/mol. The van der Waals surface area contributed by atoms with Crippen molar-refractivity contribution in [1.29, 1.82) is 0 Å². The molecule has 6 atom stereocenters. The summed E-state index contributed by atoms with van der Waals surface area (Å²) in [7, 11) is 0. The number of rotatable bonds is 37. The van der Waals surface area contributed by atoms with E-state index in [1.54, 1.807) is 6.20 Å². The number of nitrogens with zero attached hydrogens (tertiary/aromatic N) is 1. The Balaban J connectivity index is 2.41. The van der Waals surface area contributed by atoms with E-state index in [-0.39, 0.29) is 64.1 Å². The number of aromatic amines is 1. The average Bonchev–Trinajstić information content (AvgIpc) is 3.74. The average molecular weight is 987 g/mol.